The van der Waals surface area contributed by atoms with Crippen LogP contribution in [0.1, 0.15) is 11.3 Å². The number of ether oxygens (including phenoxy) is 1. The zero-order chi connectivity index (χ0) is 15.4. The smallest absolute Gasteiger partial charge is 0.151 e. The summed E-state index contributed by atoms with van der Waals surface area (Å²) in [7, 11) is 1.71. The molecule has 0 saturated carbocycles. The lowest BCUT2D eigenvalue weighted by atomic mass is 10.2. The van der Waals surface area contributed by atoms with Gasteiger partial charge in [0.15, 0.2) is 5.82 Å². The van der Waals surface area contributed by atoms with Crippen LogP contribution in [0.25, 0.3) is 0 Å². The Morgan fingerprint density at radius 1 is 1.05 bits per heavy atom. The van der Waals surface area contributed by atoms with Gasteiger partial charge in [-0.2, -0.15) is 5.10 Å². The van der Waals surface area contributed by atoms with Gasteiger partial charge in [0.2, 0.25) is 0 Å². The van der Waals surface area contributed by atoms with E-state index in [0.717, 1.165) is 50.0 Å². The van der Waals surface area contributed by atoms with Crippen molar-refractivity contribution >= 4 is 5.82 Å². The third kappa shape index (κ3) is 3.54. The number of piperazine rings is 1. The molecule has 0 bridgehead atoms. The van der Waals surface area contributed by atoms with Crippen molar-refractivity contribution in [3.63, 3.8) is 0 Å². The Hall–Kier alpha value is -2.14. The fourth-order valence-corrected chi connectivity index (χ4v) is 2.72. The molecule has 0 spiro atoms. The maximum atomic E-state index is 5.29. The van der Waals surface area contributed by atoms with E-state index in [0.29, 0.717) is 0 Å². The van der Waals surface area contributed by atoms with Gasteiger partial charge < -0.3 is 9.64 Å². The minimum atomic E-state index is 0.922. The average Bonchev–Trinajstić information content (AvgIpc) is 2.57. The van der Waals surface area contributed by atoms with E-state index < -0.39 is 0 Å². The Morgan fingerprint density at radius 2 is 1.86 bits per heavy atom. The highest BCUT2D eigenvalue weighted by Crippen LogP contribution is 2.17. The summed E-state index contributed by atoms with van der Waals surface area (Å²) in [5.41, 5.74) is 2.25. The molecule has 1 aromatic carbocycles. The molecule has 1 aliphatic rings. The molecule has 0 amide bonds. The molecule has 0 radical (unpaired) electrons. The Bertz CT molecular complexity index is 606. The zero-order valence-electron chi connectivity index (χ0n) is 13.2. The fraction of sp³-hybridized carbons (Fsp3) is 0.412. The standard InChI is InChI=1S/C17H22N4O/c1-14-6-7-17(19-18-14)21-10-8-20(9-11-21)13-15-4-3-5-16(12-15)22-2/h3-7,12H,8-11,13H2,1-2H3. The Kier molecular flexibility index (Phi) is 4.53. The second-order valence-corrected chi connectivity index (χ2v) is 5.65. The van der Waals surface area contributed by atoms with Gasteiger partial charge in [-0.05, 0) is 36.8 Å². The highest BCUT2D eigenvalue weighted by atomic mass is 16.5. The van der Waals surface area contributed by atoms with Crippen molar-refractivity contribution in [1.82, 2.24) is 15.1 Å². The van der Waals surface area contributed by atoms with Crippen LogP contribution in [0, 0.1) is 6.92 Å². The second-order valence-electron chi connectivity index (χ2n) is 5.65. The molecule has 1 fully saturated rings. The Labute approximate surface area is 131 Å². The van der Waals surface area contributed by atoms with Crippen molar-refractivity contribution in [2.45, 2.75) is 13.5 Å². The molecule has 22 heavy (non-hydrogen) atoms. The number of aryl methyl sites for hydroxylation is 1. The van der Waals surface area contributed by atoms with Crippen LogP contribution in [-0.2, 0) is 6.54 Å². The summed E-state index contributed by atoms with van der Waals surface area (Å²) in [5.74, 6) is 1.90. The van der Waals surface area contributed by atoms with E-state index in [2.05, 4.69) is 38.2 Å². The maximum Gasteiger partial charge on any atom is 0.151 e. The third-order valence-corrected chi connectivity index (χ3v) is 4.02. The van der Waals surface area contributed by atoms with Crippen LogP contribution in [0.15, 0.2) is 36.4 Å². The van der Waals surface area contributed by atoms with E-state index in [1.54, 1.807) is 7.11 Å². The SMILES string of the molecule is COc1cccc(CN2CCN(c3ccc(C)nn3)CC2)c1. The Balaban J connectivity index is 1.56. The molecular weight excluding hydrogens is 276 g/mol. The lowest BCUT2D eigenvalue weighted by Crippen LogP contribution is -2.46. The molecule has 2 aromatic rings. The number of benzene rings is 1. The van der Waals surface area contributed by atoms with E-state index in [1.807, 2.05) is 25.1 Å². The molecule has 0 aliphatic carbocycles. The van der Waals surface area contributed by atoms with Crippen molar-refractivity contribution in [3.8, 4) is 5.75 Å². The molecule has 0 unspecified atom stereocenters. The molecule has 1 aliphatic heterocycles. The first-order chi connectivity index (χ1) is 10.7. The molecule has 1 saturated heterocycles. The molecule has 5 nitrogen and oxygen atoms in total. The highest BCUT2D eigenvalue weighted by molar-refractivity contribution is 5.38. The monoisotopic (exact) mass is 298 g/mol. The van der Waals surface area contributed by atoms with E-state index in [9.17, 15) is 0 Å². The van der Waals surface area contributed by atoms with E-state index in [-0.39, 0.29) is 0 Å². The maximum absolute atomic E-state index is 5.29. The number of anilines is 1. The minimum absolute atomic E-state index is 0.922. The zero-order valence-corrected chi connectivity index (χ0v) is 13.2. The van der Waals surface area contributed by atoms with Gasteiger partial charge in [-0.25, -0.2) is 0 Å². The van der Waals surface area contributed by atoms with Crippen molar-refractivity contribution in [2.24, 2.45) is 0 Å². The largest absolute Gasteiger partial charge is 0.497 e. The predicted molar refractivity (Wildman–Crippen MR) is 87.3 cm³/mol. The van der Waals surface area contributed by atoms with Crippen molar-refractivity contribution < 1.29 is 4.74 Å². The van der Waals surface area contributed by atoms with Gasteiger partial charge in [0.05, 0.1) is 12.8 Å². The van der Waals surface area contributed by atoms with Gasteiger partial charge in [0.1, 0.15) is 5.75 Å². The van der Waals surface area contributed by atoms with Crippen molar-refractivity contribution in [1.29, 1.82) is 0 Å². The molecule has 3 rings (SSSR count). The molecule has 116 valence electrons. The van der Waals surface area contributed by atoms with Crippen LogP contribution < -0.4 is 9.64 Å². The quantitative estimate of drug-likeness (QED) is 0.865. The first kappa shape index (κ1) is 14.8. The van der Waals surface area contributed by atoms with Crippen LogP contribution in [0.5, 0.6) is 5.75 Å². The molecular formula is C17H22N4O. The van der Waals surface area contributed by atoms with Crippen LogP contribution in [0.2, 0.25) is 0 Å². The van der Waals surface area contributed by atoms with Gasteiger partial charge in [0, 0.05) is 32.7 Å². The number of methoxy groups -OCH3 is 1. The van der Waals surface area contributed by atoms with Crippen molar-refractivity contribution in [2.75, 3.05) is 38.2 Å². The molecule has 5 heteroatoms. The lowest BCUT2D eigenvalue weighted by Gasteiger charge is -2.35. The van der Waals surface area contributed by atoms with E-state index >= 15 is 0 Å². The summed E-state index contributed by atoms with van der Waals surface area (Å²) >= 11 is 0. The van der Waals surface area contributed by atoms with Gasteiger partial charge >= 0.3 is 0 Å². The van der Waals surface area contributed by atoms with Crippen molar-refractivity contribution in [3.05, 3.63) is 47.7 Å². The van der Waals surface area contributed by atoms with Crippen LogP contribution in [0.3, 0.4) is 0 Å². The van der Waals surface area contributed by atoms with Gasteiger partial charge in [-0.1, -0.05) is 12.1 Å². The van der Waals surface area contributed by atoms with E-state index in [4.69, 9.17) is 4.74 Å². The number of aromatic nitrogens is 2. The van der Waals surface area contributed by atoms with Gasteiger partial charge in [-0.15, -0.1) is 5.10 Å². The molecule has 2 heterocycles. The summed E-state index contributed by atoms with van der Waals surface area (Å²) in [6.07, 6.45) is 0. The minimum Gasteiger partial charge on any atom is -0.497 e. The third-order valence-electron chi connectivity index (χ3n) is 4.02. The fourth-order valence-electron chi connectivity index (χ4n) is 2.72. The first-order valence-corrected chi connectivity index (χ1v) is 7.65. The number of hydrogen-bond donors (Lipinski definition) is 0. The lowest BCUT2D eigenvalue weighted by molar-refractivity contribution is 0.249. The second kappa shape index (κ2) is 6.75. The Morgan fingerprint density at radius 3 is 2.55 bits per heavy atom. The number of hydrogen-bond acceptors (Lipinski definition) is 5. The van der Waals surface area contributed by atoms with Crippen LogP contribution >= 0.6 is 0 Å². The topological polar surface area (TPSA) is 41.5 Å². The van der Waals surface area contributed by atoms with E-state index in [1.165, 1.54) is 5.56 Å². The van der Waals surface area contributed by atoms with Crippen LogP contribution in [0.4, 0.5) is 5.82 Å². The summed E-state index contributed by atoms with van der Waals surface area (Å²) in [5, 5.41) is 8.42. The summed E-state index contributed by atoms with van der Waals surface area (Å²) in [4.78, 5) is 4.77. The first-order valence-electron chi connectivity index (χ1n) is 7.65. The molecule has 0 N–H and O–H groups in total. The summed E-state index contributed by atoms with van der Waals surface area (Å²) in [6, 6.07) is 12.4. The summed E-state index contributed by atoms with van der Waals surface area (Å²) < 4.78 is 5.29. The normalized spacial score (nSPS) is 15.8. The summed E-state index contributed by atoms with van der Waals surface area (Å²) in [6.45, 7) is 6.97. The molecule has 0 atom stereocenters. The van der Waals surface area contributed by atoms with Gasteiger partial charge in [-0.3, -0.25) is 4.90 Å². The number of rotatable bonds is 4. The van der Waals surface area contributed by atoms with Gasteiger partial charge in [0.25, 0.3) is 0 Å². The average molecular weight is 298 g/mol. The molecule has 1 aromatic heterocycles. The number of nitrogens with zero attached hydrogens (tertiary/aromatic N) is 4. The van der Waals surface area contributed by atoms with Crippen LogP contribution in [-0.4, -0.2) is 48.4 Å². The highest BCUT2D eigenvalue weighted by Gasteiger charge is 2.18. The predicted octanol–water partition coefficient (Wildman–Crippen LogP) is 2.12.